The summed E-state index contributed by atoms with van der Waals surface area (Å²) in [6.07, 6.45) is 6.43. The van der Waals surface area contributed by atoms with Crippen molar-refractivity contribution in [3.63, 3.8) is 0 Å². The molecule has 1 aliphatic rings. The lowest BCUT2D eigenvalue weighted by Gasteiger charge is -2.20. The van der Waals surface area contributed by atoms with Gasteiger partial charge < -0.3 is 15.4 Å². The van der Waals surface area contributed by atoms with Gasteiger partial charge in [-0.1, -0.05) is 25.1 Å². The Labute approximate surface area is 166 Å². The lowest BCUT2D eigenvalue weighted by atomic mass is 9.92. The van der Waals surface area contributed by atoms with Crippen LogP contribution >= 0.6 is 24.8 Å². The van der Waals surface area contributed by atoms with E-state index in [1.54, 1.807) is 0 Å². The Bertz CT molecular complexity index is 733. The van der Waals surface area contributed by atoms with E-state index in [4.69, 9.17) is 5.73 Å². The Morgan fingerprint density at radius 1 is 1.27 bits per heavy atom. The Kier molecular flexibility index (Phi) is 8.60. The smallest absolute Gasteiger partial charge is 0.306 e. The predicted molar refractivity (Wildman–Crippen MR) is 108 cm³/mol. The van der Waals surface area contributed by atoms with Crippen molar-refractivity contribution >= 4 is 30.8 Å². The molecule has 1 aromatic heterocycles. The molecule has 0 saturated heterocycles. The zero-order chi connectivity index (χ0) is 17.1. The van der Waals surface area contributed by atoms with Crippen LogP contribution in [-0.2, 0) is 24.1 Å². The molecule has 1 aromatic carbocycles. The number of hydrogen-bond donors (Lipinski definition) is 2. The molecular weight excluding hydrogens is 373 g/mol. The minimum atomic E-state index is -0.753. The molecule has 1 aliphatic heterocycles. The predicted octanol–water partition coefficient (Wildman–Crippen LogP) is 3.58. The molecule has 2 aromatic rings. The van der Waals surface area contributed by atoms with Crippen LogP contribution in [0.4, 0.5) is 0 Å². The second kappa shape index (κ2) is 9.95. The molecular formula is C19H27Cl2N3O2. The van der Waals surface area contributed by atoms with Gasteiger partial charge >= 0.3 is 5.97 Å². The molecule has 0 aliphatic carbocycles. The molecule has 2 heterocycles. The van der Waals surface area contributed by atoms with Crippen molar-refractivity contribution in [3.05, 3.63) is 47.5 Å². The first kappa shape index (κ1) is 22.5. The summed E-state index contributed by atoms with van der Waals surface area (Å²) in [4.78, 5) is 16.2. The van der Waals surface area contributed by atoms with Gasteiger partial charge in [-0.2, -0.15) is 0 Å². The summed E-state index contributed by atoms with van der Waals surface area (Å²) in [6.45, 7) is 2.03. The first-order valence-electron chi connectivity index (χ1n) is 8.72. The molecule has 26 heavy (non-hydrogen) atoms. The third-order valence-corrected chi connectivity index (χ3v) is 5.03. The number of carbonyl (C=O) groups is 1. The maximum atomic E-state index is 11.6. The number of nitrogens with two attached hydrogens (primary N) is 1. The van der Waals surface area contributed by atoms with Crippen molar-refractivity contribution in [1.82, 2.24) is 9.55 Å². The Morgan fingerprint density at radius 2 is 2.00 bits per heavy atom. The number of benzene rings is 1. The van der Waals surface area contributed by atoms with Crippen LogP contribution in [0.2, 0.25) is 0 Å². The fourth-order valence-corrected chi connectivity index (χ4v) is 3.43. The lowest BCUT2D eigenvalue weighted by molar-refractivity contribution is -0.142. The summed E-state index contributed by atoms with van der Waals surface area (Å²) in [6, 6.07) is 8.40. The third-order valence-electron chi connectivity index (χ3n) is 5.03. The van der Waals surface area contributed by atoms with E-state index in [-0.39, 0.29) is 30.9 Å². The Morgan fingerprint density at radius 3 is 2.69 bits per heavy atom. The number of aliphatic carboxylic acids is 1. The van der Waals surface area contributed by atoms with Crippen molar-refractivity contribution in [2.45, 2.75) is 51.5 Å². The van der Waals surface area contributed by atoms with Gasteiger partial charge in [-0.25, -0.2) is 4.98 Å². The van der Waals surface area contributed by atoms with E-state index in [0.717, 1.165) is 42.8 Å². The van der Waals surface area contributed by atoms with Crippen molar-refractivity contribution < 1.29 is 9.90 Å². The number of imidazole rings is 1. The van der Waals surface area contributed by atoms with Crippen LogP contribution in [0.5, 0.6) is 0 Å². The summed E-state index contributed by atoms with van der Waals surface area (Å²) in [5, 5.41) is 9.54. The van der Waals surface area contributed by atoms with Crippen LogP contribution in [0.3, 0.4) is 0 Å². The molecule has 3 N–H and O–H groups in total. The van der Waals surface area contributed by atoms with E-state index in [1.807, 2.05) is 19.3 Å². The van der Waals surface area contributed by atoms with Gasteiger partial charge in [0.2, 0.25) is 0 Å². The minimum absolute atomic E-state index is 0. The molecule has 0 amide bonds. The second-order valence-electron chi connectivity index (χ2n) is 6.62. The highest BCUT2D eigenvalue weighted by atomic mass is 35.5. The highest BCUT2D eigenvalue weighted by Gasteiger charge is 2.25. The molecule has 0 bridgehead atoms. The van der Waals surface area contributed by atoms with Crippen LogP contribution in [0.15, 0.2) is 30.6 Å². The molecule has 5 nitrogen and oxygen atoms in total. The highest BCUT2D eigenvalue weighted by Crippen LogP contribution is 2.28. The van der Waals surface area contributed by atoms with Gasteiger partial charge in [0.1, 0.15) is 0 Å². The normalized spacial score (nSPS) is 14.2. The molecule has 144 valence electrons. The van der Waals surface area contributed by atoms with Gasteiger partial charge in [-0.15, -0.1) is 24.8 Å². The van der Waals surface area contributed by atoms with E-state index < -0.39 is 11.9 Å². The van der Waals surface area contributed by atoms with E-state index in [1.165, 1.54) is 5.56 Å². The number of halogens is 2. The second-order valence-corrected chi connectivity index (χ2v) is 6.62. The van der Waals surface area contributed by atoms with Crippen LogP contribution in [0, 0.1) is 5.92 Å². The van der Waals surface area contributed by atoms with Crippen molar-refractivity contribution in [3.8, 4) is 5.69 Å². The van der Waals surface area contributed by atoms with Gasteiger partial charge in [-0.3, -0.25) is 4.79 Å². The molecule has 1 unspecified atom stereocenters. The van der Waals surface area contributed by atoms with Gasteiger partial charge in [0.25, 0.3) is 0 Å². The summed E-state index contributed by atoms with van der Waals surface area (Å²) in [7, 11) is 0. The number of hydrogen-bond acceptors (Lipinski definition) is 3. The highest BCUT2D eigenvalue weighted by molar-refractivity contribution is 5.85. The van der Waals surface area contributed by atoms with Gasteiger partial charge in [0.15, 0.2) is 0 Å². The van der Waals surface area contributed by atoms with Crippen LogP contribution in [-0.4, -0.2) is 26.7 Å². The van der Waals surface area contributed by atoms with Crippen LogP contribution in [0.25, 0.3) is 5.69 Å². The zero-order valence-electron chi connectivity index (χ0n) is 14.9. The van der Waals surface area contributed by atoms with Crippen LogP contribution < -0.4 is 5.73 Å². The summed E-state index contributed by atoms with van der Waals surface area (Å²) >= 11 is 0. The summed E-state index contributed by atoms with van der Waals surface area (Å²) in [5.41, 5.74) is 10.5. The standard InChI is InChI=1S/C19H25N3O2.2ClH/c1-2-15(20)9-7-14(19(23)24)11-16-18-10-8-13-5-3-4-6-17(13)22(18)12-21-16;;/h3-6,12,14-15H,2,7-11,20H2,1H3,(H,23,24);2*1H/t14-,15?;;/m0../s1. The summed E-state index contributed by atoms with van der Waals surface area (Å²) < 4.78 is 2.12. The SMILES string of the molecule is CCC(N)CC[C@@H](Cc1ncn2c1CCc1ccccc1-2)C(=O)O.Cl.Cl. The summed E-state index contributed by atoms with van der Waals surface area (Å²) in [5.74, 6) is -1.17. The molecule has 0 fully saturated rings. The first-order chi connectivity index (χ1) is 11.6. The number of aryl methyl sites for hydroxylation is 1. The molecule has 0 saturated carbocycles. The van der Waals surface area contributed by atoms with E-state index in [9.17, 15) is 9.90 Å². The van der Waals surface area contributed by atoms with Gasteiger partial charge in [0, 0.05) is 23.8 Å². The number of para-hydroxylation sites is 1. The number of carboxylic acids is 1. The molecule has 0 radical (unpaired) electrons. The monoisotopic (exact) mass is 399 g/mol. The Balaban J connectivity index is 0.00000169. The first-order valence-corrected chi connectivity index (χ1v) is 8.72. The third kappa shape index (κ3) is 4.78. The van der Waals surface area contributed by atoms with Gasteiger partial charge in [0.05, 0.1) is 17.9 Å². The largest absolute Gasteiger partial charge is 0.481 e. The molecule has 3 rings (SSSR count). The molecule has 2 atom stereocenters. The zero-order valence-corrected chi connectivity index (χ0v) is 16.6. The van der Waals surface area contributed by atoms with Crippen molar-refractivity contribution in [2.24, 2.45) is 11.7 Å². The maximum Gasteiger partial charge on any atom is 0.306 e. The Hall–Kier alpha value is -1.56. The van der Waals surface area contributed by atoms with Crippen LogP contribution in [0.1, 0.15) is 43.1 Å². The topological polar surface area (TPSA) is 81.1 Å². The number of fused-ring (bicyclic) bond motifs is 3. The quantitative estimate of drug-likeness (QED) is 0.745. The number of rotatable bonds is 7. The van der Waals surface area contributed by atoms with E-state index in [2.05, 4.69) is 27.8 Å². The van der Waals surface area contributed by atoms with Gasteiger partial charge in [-0.05, 0) is 43.7 Å². The minimum Gasteiger partial charge on any atom is -0.481 e. The van der Waals surface area contributed by atoms with E-state index in [0.29, 0.717) is 12.8 Å². The fraction of sp³-hybridized carbons (Fsp3) is 0.474. The number of carboxylic acid groups (broad SMARTS) is 1. The maximum absolute atomic E-state index is 11.6. The average Bonchev–Trinajstić information content (AvgIpc) is 3.01. The fourth-order valence-electron chi connectivity index (χ4n) is 3.43. The molecule has 0 spiro atoms. The molecule has 7 heteroatoms. The van der Waals surface area contributed by atoms with Crippen molar-refractivity contribution in [1.29, 1.82) is 0 Å². The van der Waals surface area contributed by atoms with E-state index >= 15 is 0 Å². The lowest BCUT2D eigenvalue weighted by Crippen LogP contribution is -2.24. The number of nitrogens with zero attached hydrogens (tertiary/aromatic N) is 2. The average molecular weight is 400 g/mol. The number of aromatic nitrogens is 2. The van der Waals surface area contributed by atoms with Crippen molar-refractivity contribution in [2.75, 3.05) is 0 Å².